The monoisotopic (exact) mass is 249 g/mol. The number of aromatic nitrogens is 2. The lowest BCUT2D eigenvalue weighted by molar-refractivity contribution is 0.0471. The molecule has 0 aliphatic carbocycles. The molecule has 1 N–H and O–H groups in total. The Morgan fingerprint density at radius 2 is 2.17 bits per heavy atom. The van der Waals surface area contributed by atoms with E-state index in [1.807, 2.05) is 4.90 Å². The van der Waals surface area contributed by atoms with Crippen molar-refractivity contribution in [1.29, 1.82) is 0 Å². The number of amides is 1. The summed E-state index contributed by atoms with van der Waals surface area (Å²) in [7, 11) is 0. The van der Waals surface area contributed by atoms with Crippen molar-refractivity contribution in [3.63, 3.8) is 0 Å². The van der Waals surface area contributed by atoms with Gasteiger partial charge in [-0.05, 0) is 31.1 Å². The van der Waals surface area contributed by atoms with Gasteiger partial charge in [0.15, 0.2) is 0 Å². The number of hydrogen-bond donors (Lipinski definition) is 1. The Morgan fingerprint density at radius 1 is 1.33 bits per heavy atom. The third-order valence-electron chi connectivity index (χ3n) is 4.19. The normalized spacial score (nSPS) is 25.6. The number of nitrogens with zero attached hydrogens (tertiary/aromatic N) is 2. The molecular weight excluding hydrogens is 230 g/mol. The van der Waals surface area contributed by atoms with E-state index in [1.54, 1.807) is 12.4 Å². The van der Waals surface area contributed by atoms with Crippen molar-refractivity contribution in [2.75, 3.05) is 26.3 Å². The van der Waals surface area contributed by atoms with Crippen molar-refractivity contribution in [1.82, 2.24) is 15.1 Å². The van der Waals surface area contributed by atoms with E-state index in [1.165, 1.54) is 0 Å². The highest BCUT2D eigenvalue weighted by Gasteiger charge is 2.33. The first-order valence-corrected chi connectivity index (χ1v) is 6.70. The van der Waals surface area contributed by atoms with E-state index in [0.717, 1.165) is 51.5 Å². The number of rotatable bonds is 2. The molecule has 1 amide bonds. The van der Waals surface area contributed by atoms with Gasteiger partial charge in [-0.25, -0.2) is 0 Å². The second-order valence-corrected chi connectivity index (χ2v) is 5.24. The van der Waals surface area contributed by atoms with E-state index in [0.29, 0.717) is 11.5 Å². The van der Waals surface area contributed by atoms with Gasteiger partial charge in [0.1, 0.15) is 0 Å². The molecule has 2 aliphatic rings. The summed E-state index contributed by atoms with van der Waals surface area (Å²) in [4.78, 5) is 14.1. The topological polar surface area (TPSA) is 58.2 Å². The minimum absolute atomic E-state index is 0.110. The van der Waals surface area contributed by atoms with Crippen LogP contribution in [0.25, 0.3) is 0 Å². The van der Waals surface area contributed by atoms with Crippen molar-refractivity contribution in [3.05, 3.63) is 18.0 Å². The van der Waals surface area contributed by atoms with Gasteiger partial charge in [-0.3, -0.25) is 9.89 Å². The zero-order chi connectivity index (χ0) is 12.4. The smallest absolute Gasteiger partial charge is 0.257 e. The molecule has 1 aromatic heterocycles. The number of ether oxygens (including phenoxy) is 1. The van der Waals surface area contributed by atoms with E-state index >= 15 is 0 Å². The molecule has 0 saturated carbocycles. The Balaban J connectivity index is 1.59. The number of hydrogen-bond acceptors (Lipinski definition) is 3. The zero-order valence-corrected chi connectivity index (χ0v) is 10.5. The van der Waals surface area contributed by atoms with E-state index in [4.69, 9.17) is 4.74 Å². The van der Waals surface area contributed by atoms with Gasteiger partial charge in [-0.1, -0.05) is 0 Å². The van der Waals surface area contributed by atoms with Crippen LogP contribution in [-0.2, 0) is 4.74 Å². The highest BCUT2D eigenvalue weighted by molar-refractivity contribution is 5.93. The Bertz CT molecular complexity index is 398. The van der Waals surface area contributed by atoms with E-state index in [9.17, 15) is 4.79 Å². The number of likely N-dealkylation sites (tertiary alicyclic amines) is 1. The van der Waals surface area contributed by atoms with Gasteiger partial charge in [0.25, 0.3) is 5.91 Å². The second-order valence-electron chi connectivity index (χ2n) is 5.24. The molecule has 2 saturated heterocycles. The highest BCUT2D eigenvalue weighted by Crippen LogP contribution is 2.31. The average Bonchev–Trinajstić information content (AvgIpc) is 3.10. The summed E-state index contributed by atoms with van der Waals surface area (Å²) in [5.41, 5.74) is 0.669. The predicted molar refractivity (Wildman–Crippen MR) is 66.1 cm³/mol. The summed E-state index contributed by atoms with van der Waals surface area (Å²) in [6, 6.07) is 0. The van der Waals surface area contributed by atoms with Crippen LogP contribution in [-0.4, -0.2) is 47.3 Å². The van der Waals surface area contributed by atoms with Crippen LogP contribution >= 0.6 is 0 Å². The van der Waals surface area contributed by atoms with Crippen molar-refractivity contribution >= 4 is 5.91 Å². The lowest BCUT2D eigenvalue weighted by Crippen LogP contribution is -2.31. The van der Waals surface area contributed by atoms with Gasteiger partial charge in [0, 0.05) is 32.5 Å². The maximum Gasteiger partial charge on any atom is 0.257 e. The van der Waals surface area contributed by atoms with Gasteiger partial charge in [-0.15, -0.1) is 0 Å². The van der Waals surface area contributed by atoms with Gasteiger partial charge in [0.05, 0.1) is 11.8 Å². The number of aromatic amines is 1. The molecule has 0 radical (unpaired) electrons. The SMILES string of the molecule is O=C(c1cn[nH]c1)N1CCC(C2CCOCC2)C1. The molecule has 98 valence electrons. The summed E-state index contributed by atoms with van der Waals surface area (Å²) in [5, 5.41) is 6.53. The number of carbonyl (C=O) groups is 1. The Morgan fingerprint density at radius 3 is 2.89 bits per heavy atom. The quantitative estimate of drug-likeness (QED) is 0.859. The lowest BCUT2D eigenvalue weighted by Gasteiger charge is -2.27. The molecule has 2 fully saturated rings. The summed E-state index contributed by atoms with van der Waals surface area (Å²) in [5.74, 6) is 1.50. The first-order valence-electron chi connectivity index (χ1n) is 6.70. The molecule has 1 atom stereocenters. The fraction of sp³-hybridized carbons (Fsp3) is 0.692. The van der Waals surface area contributed by atoms with Crippen LogP contribution in [0.2, 0.25) is 0 Å². The minimum Gasteiger partial charge on any atom is -0.381 e. The van der Waals surface area contributed by atoms with Crippen LogP contribution in [0.1, 0.15) is 29.6 Å². The van der Waals surface area contributed by atoms with Crippen molar-refractivity contribution in [3.8, 4) is 0 Å². The number of H-pyrrole nitrogens is 1. The third kappa shape index (κ3) is 2.27. The van der Waals surface area contributed by atoms with Gasteiger partial charge in [-0.2, -0.15) is 5.10 Å². The first-order chi connectivity index (χ1) is 8.84. The Labute approximate surface area is 107 Å². The molecule has 5 nitrogen and oxygen atoms in total. The summed E-state index contributed by atoms with van der Waals surface area (Å²) in [6.45, 7) is 3.55. The predicted octanol–water partition coefficient (Wildman–Crippen LogP) is 1.30. The fourth-order valence-electron chi connectivity index (χ4n) is 3.09. The van der Waals surface area contributed by atoms with Gasteiger partial charge < -0.3 is 9.64 Å². The summed E-state index contributed by atoms with van der Waals surface area (Å²) in [6.07, 6.45) is 6.71. The molecule has 0 spiro atoms. The molecule has 1 aromatic rings. The molecular formula is C13H19N3O2. The molecule has 5 heteroatoms. The van der Waals surface area contributed by atoms with E-state index in [2.05, 4.69) is 10.2 Å². The maximum absolute atomic E-state index is 12.2. The standard InChI is InChI=1S/C13H19N3O2/c17-13(12-7-14-15-8-12)16-4-1-11(9-16)10-2-5-18-6-3-10/h7-8,10-11H,1-6,9H2,(H,14,15). The molecule has 1 unspecified atom stereocenters. The highest BCUT2D eigenvalue weighted by atomic mass is 16.5. The number of nitrogens with one attached hydrogen (secondary N) is 1. The van der Waals surface area contributed by atoms with Gasteiger partial charge in [0.2, 0.25) is 0 Å². The van der Waals surface area contributed by atoms with E-state index < -0.39 is 0 Å². The number of carbonyl (C=O) groups excluding carboxylic acids is 1. The van der Waals surface area contributed by atoms with Gasteiger partial charge >= 0.3 is 0 Å². The summed E-state index contributed by atoms with van der Waals surface area (Å²) < 4.78 is 5.40. The third-order valence-corrected chi connectivity index (χ3v) is 4.19. The lowest BCUT2D eigenvalue weighted by atomic mass is 9.85. The van der Waals surface area contributed by atoms with Crippen molar-refractivity contribution < 1.29 is 9.53 Å². The molecule has 0 aromatic carbocycles. The van der Waals surface area contributed by atoms with Crippen LogP contribution in [0.5, 0.6) is 0 Å². The van der Waals surface area contributed by atoms with Crippen LogP contribution in [0, 0.1) is 11.8 Å². The fourth-order valence-corrected chi connectivity index (χ4v) is 3.09. The van der Waals surface area contributed by atoms with Crippen LogP contribution < -0.4 is 0 Å². The van der Waals surface area contributed by atoms with E-state index in [-0.39, 0.29) is 5.91 Å². The van der Waals surface area contributed by atoms with Crippen LogP contribution in [0.15, 0.2) is 12.4 Å². The maximum atomic E-state index is 12.2. The minimum atomic E-state index is 0.110. The average molecular weight is 249 g/mol. The molecule has 3 rings (SSSR count). The Kier molecular flexibility index (Phi) is 3.32. The van der Waals surface area contributed by atoms with Crippen LogP contribution in [0.4, 0.5) is 0 Å². The van der Waals surface area contributed by atoms with Crippen LogP contribution in [0.3, 0.4) is 0 Å². The summed E-state index contributed by atoms with van der Waals surface area (Å²) >= 11 is 0. The molecule has 18 heavy (non-hydrogen) atoms. The largest absolute Gasteiger partial charge is 0.381 e. The first kappa shape index (κ1) is 11.7. The molecule has 3 heterocycles. The molecule has 2 aliphatic heterocycles. The Hall–Kier alpha value is -1.36. The molecule has 0 bridgehead atoms. The zero-order valence-electron chi connectivity index (χ0n) is 10.5. The van der Waals surface area contributed by atoms with Crippen molar-refractivity contribution in [2.45, 2.75) is 19.3 Å². The second kappa shape index (κ2) is 5.10. The van der Waals surface area contributed by atoms with Crippen molar-refractivity contribution in [2.24, 2.45) is 11.8 Å².